The minimum atomic E-state index is 0.149. The topological polar surface area (TPSA) is 62.4 Å². The van der Waals surface area contributed by atoms with E-state index in [2.05, 4.69) is 17.1 Å². The number of hydrogen-bond donors (Lipinski definition) is 1. The van der Waals surface area contributed by atoms with Crippen molar-refractivity contribution >= 4 is 0 Å². The number of hydrogen-bond acceptors (Lipinski definition) is 5. The van der Waals surface area contributed by atoms with Crippen molar-refractivity contribution in [1.82, 2.24) is 15.0 Å². The number of rotatable bonds is 6. The normalized spacial score (nSPS) is 11.1. The van der Waals surface area contributed by atoms with Crippen molar-refractivity contribution in [3.63, 3.8) is 0 Å². The lowest BCUT2D eigenvalue weighted by molar-refractivity contribution is 0.213. The lowest BCUT2D eigenvalue weighted by Crippen LogP contribution is -2.22. The van der Waals surface area contributed by atoms with Crippen LogP contribution in [0.5, 0.6) is 0 Å². The molecule has 0 aromatic carbocycles. The number of aliphatic hydroxyl groups is 1. The Labute approximate surface area is 83.7 Å². The number of aromatic nitrogens is 2. The SMILES string of the molecule is CCCc1nc(CN(C)CCO)no1. The molecule has 0 aliphatic heterocycles. The molecule has 0 saturated carbocycles. The summed E-state index contributed by atoms with van der Waals surface area (Å²) in [6, 6.07) is 0. The van der Waals surface area contributed by atoms with Crippen molar-refractivity contribution in [2.24, 2.45) is 0 Å². The zero-order chi connectivity index (χ0) is 10.4. The van der Waals surface area contributed by atoms with E-state index in [0.29, 0.717) is 24.8 Å². The van der Waals surface area contributed by atoms with Crippen LogP contribution in [0, 0.1) is 0 Å². The summed E-state index contributed by atoms with van der Waals surface area (Å²) in [7, 11) is 1.91. The van der Waals surface area contributed by atoms with E-state index in [4.69, 9.17) is 9.63 Å². The molecule has 14 heavy (non-hydrogen) atoms. The molecule has 0 radical (unpaired) electrons. The molecule has 1 aromatic heterocycles. The molecule has 0 aliphatic rings. The van der Waals surface area contributed by atoms with Crippen LogP contribution >= 0.6 is 0 Å². The Hall–Kier alpha value is -0.940. The summed E-state index contributed by atoms with van der Waals surface area (Å²) in [6.07, 6.45) is 1.84. The third-order valence-electron chi connectivity index (χ3n) is 1.87. The third-order valence-corrected chi connectivity index (χ3v) is 1.87. The van der Waals surface area contributed by atoms with Crippen molar-refractivity contribution in [1.29, 1.82) is 0 Å². The molecule has 0 atom stereocenters. The van der Waals surface area contributed by atoms with E-state index in [1.54, 1.807) is 0 Å². The van der Waals surface area contributed by atoms with Gasteiger partial charge in [-0.3, -0.25) is 4.90 Å². The molecular formula is C9H17N3O2. The molecule has 5 nitrogen and oxygen atoms in total. The van der Waals surface area contributed by atoms with Crippen molar-refractivity contribution < 1.29 is 9.63 Å². The molecule has 0 spiro atoms. The van der Waals surface area contributed by atoms with E-state index in [0.717, 1.165) is 12.8 Å². The molecule has 0 aliphatic carbocycles. The zero-order valence-corrected chi connectivity index (χ0v) is 8.73. The van der Waals surface area contributed by atoms with Crippen LogP contribution in [0.3, 0.4) is 0 Å². The summed E-state index contributed by atoms with van der Waals surface area (Å²) < 4.78 is 5.03. The van der Waals surface area contributed by atoms with Gasteiger partial charge in [0.25, 0.3) is 0 Å². The summed E-state index contributed by atoms with van der Waals surface area (Å²) >= 11 is 0. The minimum absolute atomic E-state index is 0.149. The van der Waals surface area contributed by atoms with Gasteiger partial charge in [-0.15, -0.1) is 0 Å². The van der Waals surface area contributed by atoms with Gasteiger partial charge >= 0.3 is 0 Å². The number of nitrogens with zero attached hydrogens (tertiary/aromatic N) is 3. The molecule has 1 rings (SSSR count). The average Bonchev–Trinajstić information content (AvgIpc) is 2.53. The number of aryl methyl sites for hydroxylation is 1. The van der Waals surface area contributed by atoms with Gasteiger partial charge in [-0.2, -0.15) is 4.98 Å². The number of aliphatic hydroxyl groups excluding tert-OH is 1. The van der Waals surface area contributed by atoms with Crippen molar-refractivity contribution in [2.75, 3.05) is 20.2 Å². The maximum absolute atomic E-state index is 8.70. The second-order valence-corrected chi connectivity index (χ2v) is 3.32. The third kappa shape index (κ3) is 3.43. The summed E-state index contributed by atoms with van der Waals surface area (Å²) in [5, 5.41) is 12.5. The molecule has 0 fully saturated rings. The highest BCUT2D eigenvalue weighted by molar-refractivity contribution is 4.85. The molecule has 1 aromatic rings. The molecular weight excluding hydrogens is 182 g/mol. The lowest BCUT2D eigenvalue weighted by atomic mass is 10.3. The Kier molecular flexibility index (Phi) is 4.55. The Morgan fingerprint density at radius 1 is 1.50 bits per heavy atom. The second-order valence-electron chi connectivity index (χ2n) is 3.32. The smallest absolute Gasteiger partial charge is 0.226 e. The van der Waals surface area contributed by atoms with Crippen LogP contribution in [-0.4, -0.2) is 40.3 Å². The molecule has 1 heterocycles. The van der Waals surface area contributed by atoms with Gasteiger partial charge in [0.2, 0.25) is 5.89 Å². The largest absolute Gasteiger partial charge is 0.395 e. The van der Waals surface area contributed by atoms with Gasteiger partial charge in [-0.25, -0.2) is 0 Å². The average molecular weight is 199 g/mol. The zero-order valence-electron chi connectivity index (χ0n) is 8.73. The van der Waals surface area contributed by atoms with Gasteiger partial charge in [0.1, 0.15) is 0 Å². The number of likely N-dealkylation sites (N-methyl/N-ethyl adjacent to an activating group) is 1. The van der Waals surface area contributed by atoms with Gasteiger partial charge in [-0.1, -0.05) is 12.1 Å². The fraction of sp³-hybridized carbons (Fsp3) is 0.778. The van der Waals surface area contributed by atoms with E-state index in [1.165, 1.54) is 0 Å². The quantitative estimate of drug-likeness (QED) is 0.720. The summed E-state index contributed by atoms with van der Waals surface area (Å²) in [6.45, 7) is 3.46. The first kappa shape index (κ1) is 11.1. The monoisotopic (exact) mass is 199 g/mol. The van der Waals surface area contributed by atoms with E-state index in [9.17, 15) is 0 Å². The highest BCUT2D eigenvalue weighted by Gasteiger charge is 2.07. The Balaban J connectivity index is 2.42. The minimum Gasteiger partial charge on any atom is -0.395 e. The summed E-state index contributed by atoms with van der Waals surface area (Å²) in [4.78, 5) is 6.17. The van der Waals surface area contributed by atoms with Gasteiger partial charge in [0, 0.05) is 13.0 Å². The van der Waals surface area contributed by atoms with Crippen molar-refractivity contribution in [2.45, 2.75) is 26.3 Å². The highest BCUT2D eigenvalue weighted by atomic mass is 16.5. The summed E-state index contributed by atoms with van der Waals surface area (Å²) in [5.41, 5.74) is 0. The molecule has 5 heteroatoms. The van der Waals surface area contributed by atoms with Crippen LogP contribution in [0.4, 0.5) is 0 Å². The van der Waals surface area contributed by atoms with Gasteiger partial charge < -0.3 is 9.63 Å². The van der Waals surface area contributed by atoms with Gasteiger partial charge in [0.15, 0.2) is 5.82 Å². The maximum atomic E-state index is 8.70. The molecule has 0 saturated heterocycles. The first-order valence-corrected chi connectivity index (χ1v) is 4.87. The van der Waals surface area contributed by atoms with Crippen LogP contribution in [-0.2, 0) is 13.0 Å². The van der Waals surface area contributed by atoms with Crippen LogP contribution < -0.4 is 0 Å². The predicted octanol–water partition coefficient (Wildman–Crippen LogP) is 0.446. The molecule has 80 valence electrons. The van der Waals surface area contributed by atoms with E-state index in [-0.39, 0.29) is 6.61 Å². The van der Waals surface area contributed by atoms with E-state index >= 15 is 0 Å². The van der Waals surface area contributed by atoms with Crippen molar-refractivity contribution in [3.05, 3.63) is 11.7 Å². The Morgan fingerprint density at radius 2 is 2.29 bits per heavy atom. The van der Waals surface area contributed by atoms with Crippen LogP contribution in [0.25, 0.3) is 0 Å². The Bertz CT molecular complexity index is 262. The predicted molar refractivity (Wildman–Crippen MR) is 51.7 cm³/mol. The van der Waals surface area contributed by atoms with Crippen molar-refractivity contribution in [3.8, 4) is 0 Å². The fourth-order valence-electron chi connectivity index (χ4n) is 1.16. The van der Waals surface area contributed by atoms with E-state index in [1.807, 2.05) is 11.9 Å². The van der Waals surface area contributed by atoms with E-state index < -0.39 is 0 Å². The molecule has 1 N–H and O–H groups in total. The fourth-order valence-corrected chi connectivity index (χ4v) is 1.16. The van der Waals surface area contributed by atoms with Crippen LogP contribution in [0.2, 0.25) is 0 Å². The molecule has 0 bridgehead atoms. The second kappa shape index (κ2) is 5.72. The maximum Gasteiger partial charge on any atom is 0.226 e. The van der Waals surface area contributed by atoms with Gasteiger partial charge in [-0.05, 0) is 13.5 Å². The molecule has 0 unspecified atom stereocenters. The standard InChI is InChI=1S/C9H17N3O2/c1-3-4-9-10-8(11-14-9)7-12(2)5-6-13/h13H,3-7H2,1-2H3. The van der Waals surface area contributed by atoms with Crippen LogP contribution in [0.1, 0.15) is 25.1 Å². The first-order chi connectivity index (χ1) is 6.76. The van der Waals surface area contributed by atoms with Crippen LogP contribution in [0.15, 0.2) is 4.52 Å². The Morgan fingerprint density at radius 3 is 2.93 bits per heavy atom. The van der Waals surface area contributed by atoms with Gasteiger partial charge in [0.05, 0.1) is 13.2 Å². The molecule has 0 amide bonds. The highest BCUT2D eigenvalue weighted by Crippen LogP contribution is 2.02. The first-order valence-electron chi connectivity index (χ1n) is 4.87. The summed E-state index contributed by atoms with van der Waals surface area (Å²) in [5.74, 6) is 1.38. The lowest BCUT2D eigenvalue weighted by Gasteiger charge is -2.11.